The summed E-state index contributed by atoms with van der Waals surface area (Å²) >= 11 is 0. The minimum absolute atomic E-state index is 0.0938. The van der Waals surface area contributed by atoms with Crippen molar-refractivity contribution in [3.05, 3.63) is 35.9 Å². The van der Waals surface area contributed by atoms with Crippen LogP contribution in [-0.4, -0.2) is 40.5 Å². The van der Waals surface area contributed by atoms with Gasteiger partial charge >= 0.3 is 5.97 Å². The summed E-state index contributed by atoms with van der Waals surface area (Å²) in [6, 6.07) is 8.62. The number of carboxylic acid groups (broad SMARTS) is 1. The van der Waals surface area contributed by atoms with E-state index in [9.17, 15) is 9.90 Å². The third-order valence-corrected chi connectivity index (χ3v) is 3.45. The van der Waals surface area contributed by atoms with E-state index in [1.54, 1.807) is 30.3 Å². The van der Waals surface area contributed by atoms with Gasteiger partial charge in [0.05, 0.1) is 6.10 Å². The largest absolute Gasteiger partial charge is 0.479 e. The summed E-state index contributed by atoms with van der Waals surface area (Å²) in [5.41, 5.74) is 0.403. The molecule has 2 rings (SSSR count). The van der Waals surface area contributed by atoms with Gasteiger partial charge in [0, 0.05) is 6.04 Å². The molecule has 1 saturated carbocycles. The van der Waals surface area contributed by atoms with Crippen molar-refractivity contribution in [3.63, 3.8) is 0 Å². The van der Waals surface area contributed by atoms with Crippen LogP contribution in [-0.2, 0) is 4.79 Å². The van der Waals surface area contributed by atoms with Crippen LogP contribution in [0.3, 0.4) is 0 Å². The molecule has 1 aromatic carbocycles. The van der Waals surface area contributed by atoms with Gasteiger partial charge in [-0.15, -0.1) is 0 Å². The molecule has 0 aliphatic heterocycles. The molecule has 3 atom stereocenters. The first-order valence-corrected chi connectivity index (χ1v) is 6.87. The third kappa shape index (κ3) is 5.28. The summed E-state index contributed by atoms with van der Waals surface area (Å²) in [7, 11) is 1.92. The van der Waals surface area contributed by atoms with Crippen LogP contribution in [0.1, 0.15) is 37.4 Å². The zero-order valence-corrected chi connectivity index (χ0v) is 11.7. The van der Waals surface area contributed by atoms with Gasteiger partial charge in [0.1, 0.15) is 0 Å². The molecule has 0 unspecified atom stereocenters. The quantitative estimate of drug-likeness (QED) is 0.671. The second-order valence-electron chi connectivity index (χ2n) is 4.90. The van der Waals surface area contributed by atoms with Crippen LogP contribution >= 0.6 is 0 Å². The van der Waals surface area contributed by atoms with E-state index < -0.39 is 12.1 Å². The number of aliphatic hydroxyl groups excluding tert-OH is 2. The molecule has 5 heteroatoms. The molecule has 0 amide bonds. The van der Waals surface area contributed by atoms with Crippen molar-refractivity contribution in [1.82, 2.24) is 5.32 Å². The molecular weight excluding hydrogens is 258 g/mol. The number of likely N-dealkylation sites (N-methyl/N-ethyl adjacent to an activating group) is 1. The molecule has 0 bridgehead atoms. The molecule has 0 heterocycles. The van der Waals surface area contributed by atoms with E-state index >= 15 is 0 Å². The highest BCUT2D eigenvalue weighted by molar-refractivity contribution is 5.73. The topological polar surface area (TPSA) is 89.8 Å². The number of carboxylic acids is 1. The molecule has 0 aromatic heterocycles. The molecule has 4 N–H and O–H groups in total. The molecule has 20 heavy (non-hydrogen) atoms. The van der Waals surface area contributed by atoms with Crippen LogP contribution in [0.4, 0.5) is 0 Å². The lowest BCUT2D eigenvalue weighted by molar-refractivity contribution is -0.146. The third-order valence-electron chi connectivity index (χ3n) is 3.45. The summed E-state index contributed by atoms with van der Waals surface area (Å²) in [6.07, 6.45) is 3.07. The number of benzene rings is 1. The molecule has 0 spiro atoms. The summed E-state index contributed by atoms with van der Waals surface area (Å²) in [6.45, 7) is 0. The van der Waals surface area contributed by atoms with E-state index in [1.807, 2.05) is 7.05 Å². The van der Waals surface area contributed by atoms with Gasteiger partial charge in [-0.3, -0.25) is 0 Å². The Bertz CT molecular complexity index is 396. The van der Waals surface area contributed by atoms with Crippen molar-refractivity contribution >= 4 is 5.97 Å². The summed E-state index contributed by atoms with van der Waals surface area (Å²) in [5, 5.41) is 29.8. The van der Waals surface area contributed by atoms with Gasteiger partial charge in [0.25, 0.3) is 0 Å². The molecule has 1 aliphatic carbocycles. The number of hydrogen-bond donors (Lipinski definition) is 4. The van der Waals surface area contributed by atoms with Crippen molar-refractivity contribution < 1.29 is 20.1 Å². The average molecular weight is 281 g/mol. The van der Waals surface area contributed by atoms with Crippen LogP contribution in [0.5, 0.6) is 0 Å². The lowest BCUT2D eigenvalue weighted by atomic mass is 9.93. The minimum Gasteiger partial charge on any atom is -0.479 e. The maximum Gasteiger partial charge on any atom is 0.337 e. The second-order valence-corrected chi connectivity index (χ2v) is 4.90. The molecule has 5 nitrogen and oxygen atoms in total. The van der Waals surface area contributed by atoms with Gasteiger partial charge in [0.15, 0.2) is 6.10 Å². The zero-order valence-electron chi connectivity index (χ0n) is 11.7. The Morgan fingerprint density at radius 3 is 2.30 bits per heavy atom. The summed E-state index contributed by atoms with van der Waals surface area (Å²) in [5.74, 6) is -1.23. The van der Waals surface area contributed by atoms with Crippen molar-refractivity contribution in [2.24, 2.45) is 0 Å². The minimum atomic E-state index is -1.41. The SMILES string of the molecule is CN[C@H]1CCCC[C@@H]1O.O=C(O)[C@H](O)c1ccccc1. The highest BCUT2D eigenvalue weighted by atomic mass is 16.4. The number of nitrogens with one attached hydrogen (secondary N) is 1. The van der Waals surface area contributed by atoms with E-state index in [2.05, 4.69) is 5.32 Å². The Morgan fingerprint density at radius 1 is 1.25 bits per heavy atom. The number of aliphatic hydroxyl groups is 2. The normalized spacial score (nSPS) is 23.4. The smallest absolute Gasteiger partial charge is 0.337 e. The maximum atomic E-state index is 10.2. The van der Waals surface area contributed by atoms with Gasteiger partial charge < -0.3 is 20.6 Å². The van der Waals surface area contributed by atoms with E-state index in [1.165, 1.54) is 12.8 Å². The maximum absolute atomic E-state index is 10.2. The Hall–Kier alpha value is -1.43. The Kier molecular flexibility index (Phi) is 7.22. The molecule has 1 aromatic rings. The van der Waals surface area contributed by atoms with Crippen LogP contribution in [0.2, 0.25) is 0 Å². The van der Waals surface area contributed by atoms with Gasteiger partial charge in [-0.05, 0) is 25.5 Å². The molecule has 1 fully saturated rings. The number of carbonyl (C=O) groups is 1. The van der Waals surface area contributed by atoms with Crippen molar-refractivity contribution in [1.29, 1.82) is 0 Å². The number of hydrogen-bond acceptors (Lipinski definition) is 4. The molecule has 0 saturated heterocycles. The van der Waals surface area contributed by atoms with Crippen LogP contribution < -0.4 is 5.32 Å². The summed E-state index contributed by atoms with van der Waals surface area (Å²) in [4.78, 5) is 10.2. The number of aliphatic carboxylic acids is 1. The first kappa shape index (κ1) is 16.6. The predicted octanol–water partition coefficient (Wildman–Crippen LogP) is 1.31. The standard InChI is InChI=1S/C8H8O3.C7H15NO/c9-7(8(10)11)6-4-2-1-3-5-6;1-8-6-4-2-3-5-7(6)9/h1-5,7,9H,(H,10,11);6-9H,2-5H2,1H3/t7-;6-,7-/m10/s1. The van der Waals surface area contributed by atoms with Crippen molar-refractivity contribution in [3.8, 4) is 0 Å². The zero-order chi connectivity index (χ0) is 15.0. The Labute approximate surface area is 119 Å². The molecule has 0 radical (unpaired) electrons. The number of rotatable bonds is 3. The Balaban J connectivity index is 0.000000204. The van der Waals surface area contributed by atoms with Gasteiger partial charge in [0.2, 0.25) is 0 Å². The van der Waals surface area contributed by atoms with E-state index in [4.69, 9.17) is 10.2 Å². The predicted molar refractivity (Wildman–Crippen MR) is 76.4 cm³/mol. The van der Waals surface area contributed by atoms with Gasteiger partial charge in [-0.25, -0.2) is 4.79 Å². The average Bonchev–Trinajstić information content (AvgIpc) is 2.48. The second kappa shape index (κ2) is 8.68. The fraction of sp³-hybridized carbons (Fsp3) is 0.533. The first-order valence-electron chi connectivity index (χ1n) is 6.87. The highest BCUT2D eigenvalue weighted by Crippen LogP contribution is 2.17. The monoisotopic (exact) mass is 281 g/mol. The molecule has 1 aliphatic rings. The van der Waals surface area contributed by atoms with Crippen LogP contribution in [0.15, 0.2) is 30.3 Å². The van der Waals surface area contributed by atoms with E-state index in [-0.39, 0.29) is 6.10 Å². The molecule has 112 valence electrons. The summed E-state index contributed by atoms with van der Waals surface area (Å²) < 4.78 is 0. The van der Waals surface area contributed by atoms with Crippen LogP contribution in [0, 0.1) is 0 Å². The van der Waals surface area contributed by atoms with E-state index in [0.717, 1.165) is 12.8 Å². The first-order chi connectivity index (χ1) is 9.56. The molecular formula is C15H23NO4. The van der Waals surface area contributed by atoms with E-state index in [0.29, 0.717) is 11.6 Å². The fourth-order valence-electron chi connectivity index (χ4n) is 2.23. The van der Waals surface area contributed by atoms with Crippen LogP contribution in [0.25, 0.3) is 0 Å². The van der Waals surface area contributed by atoms with Gasteiger partial charge in [-0.2, -0.15) is 0 Å². The van der Waals surface area contributed by atoms with Gasteiger partial charge in [-0.1, -0.05) is 43.2 Å². The Morgan fingerprint density at radius 2 is 1.85 bits per heavy atom. The lowest BCUT2D eigenvalue weighted by Gasteiger charge is -2.26. The fourth-order valence-corrected chi connectivity index (χ4v) is 2.23. The lowest BCUT2D eigenvalue weighted by Crippen LogP contribution is -2.39. The van der Waals surface area contributed by atoms with Crippen molar-refractivity contribution in [2.45, 2.75) is 43.9 Å². The van der Waals surface area contributed by atoms with Crippen molar-refractivity contribution in [2.75, 3.05) is 7.05 Å². The highest BCUT2D eigenvalue weighted by Gasteiger charge is 2.20.